The van der Waals surface area contributed by atoms with Crippen LogP contribution in [-0.2, 0) is 12.6 Å². The summed E-state index contributed by atoms with van der Waals surface area (Å²) in [6.45, 7) is 1.82. The smallest absolute Gasteiger partial charge is 0.352 e. The van der Waals surface area contributed by atoms with E-state index in [0.29, 0.717) is 11.1 Å². The molecule has 0 bridgehead atoms. The number of nitrogens with one attached hydrogen (secondary N) is 1. The van der Waals surface area contributed by atoms with Crippen LogP contribution in [-0.4, -0.2) is 21.9 Å². The van der Waals surface area contributed by atoms with Gasteiger partial charge in [0.25, 0.3) is 0 Å². The van der Waals surface area contributed by atoms with Gasteiger partial charge in [-0.1, -0.05) is 0 Å². The summed E-state index contributed by atoms with van der Waals surface area (Å²) in [6, 6.07) is 6.66. The zero-order valence-electron chi connectivity index (χ0n) is 14.5. The van der Waals surface area contributed by atoms with Gasteiger partial charge in [-0.3, -0.25) is 9.78 Å². The van der Waals surface area contributed by atoms with Gasteiger partial charge in [-0.15, -0.1) is 10.2 Å². The number of aromatic nitrogens is 2. The van der Waals surface area contributed by atoms with E-state index >= 15 is 0 Å². The molecule has 3 heterocycles. The number of fused-ring (bicyclic) bond motifs is 1. The minimum atomic E-state index is -4.50. The molecule has 0 unspecified atom stereocenters. The lowest BCUT2D eigenvalue weighted by Gasteiger charge is -2.08. The number of alkyl halides is 3. The Kier molecular flexibility index (Phi) is 4.25. The van der Waals surface area contributed by atoms with Gasteiger partial charge in [-0.25, -0.2) is 0 Å². The van der Waals surface area contributed by atoms with Gasteiger partial charge in [0.1, 0.15) is 5.69 Å². The van der Waals surface area contributed by atoms with Crippen LogP contribution in [0.1, 0.15) is 32.9 Å². The predicted octanol–water partition coefficient (Wildman–Crippen LogP) is 4.82. The van der Waals surface area contributed by atoms with Crippen LogP contribution < -0.4 is 0 Å². The van der Waals surface area contributed by atoms with E-state index in [0.717, 1.165) is 17.7 Å². The molecule has 1 N–H and O–H groups in total. The normalized spacial score (nSPS) is 14.3. The number of benzene rings is 1. The quantitative estimate of drug-likeness (QED) is 0.651. The number of hydrogen-bond donors (Lipinski definition) is 1. The average molecular weight is 386 g/mol. The summed E-state index contributed by atoms with van der Waals surface area (Å²) in [6.07, 6.45) is -3.60. The average Bonchev–Trinajstić information content (AvgIpc) is 3.28. The highest BCUT2D eigenvalue weighted by atomic mass is 19.4. The fourth-order valence-electron chi connectivity index (χ4n) is 3.07. The first-order valence-electron chi connectivity index (χ1n) is 8.32. The number of carbonyl (C=O) groups excluding carboxylic acids is 1. The van der Waals surface area contributed by atoms with Gasteiger partial charge in [0.15, 0.2) is 6.17 Å². The fourth-order valence-corrected chi connectivity index (χ4v) is 3.07. The molecule has 0 fully saturated rings. The second kappa shape index (κ2) is 6.63. The summed E-state index contributed by atoms with van der Waals surface area (Å²) in [7, 11) is 0. The summed E-state index contributed by atoms with van der Waals surface area (Å²) in [4.78, 5) is 20.0. The zero-order chi connectivity index (χ0) is 19.9. The summed E-state index contributed by atoms with van der Waals surface area (Å²) >= 11 is 0. The largest absolute Gasteiger partial charge is 0.416 e. The van der Waals surface area contributed by atoms with E-state index in [1.54, 1.807) is 12.1 Å². The highest BCUT2D eigenvalue weighted by Crippen LogP contribution is 2.34. The van der Waals surface area contributed by atoms with Crippen LogP contribution in [0.5, 0.6) is 0 Å². The van der Waals surface area contributed by atoms with Gasteiger partial charge in [-0.2, -0.15) is 13.2 Å². The van der Waals surface area contributed by atoms with Gasteiger partial charge in [0, 0.05) is 23.5 Å². The number of carbonyl (C=O) groups is 1. The molecule has 28 heavy (non-hydrogen) atoms. The number of pyridine rings is 1. The minimum absolute atomic E-state index is 0.0845. The van der Waals surface area contributed by atoms with E-state index in [-0.39, 0.29) is 23.2 Å². The Hall–Kier alpha value is -3.43. The summed E-state index contributed by atoms with van der Waals surface area (Å²) in [5.41, 5.74) is 1.17. The Morgan fingerprint density at radius 2 is 1.89 bits per heavy atom. The molecule has 0 radical (unpaired) electrons. The number of rotatable bonds is 4. The lowest BCUT2D eigenvalue weighted by molar-refractivity contribution is -0.137. The van der Waals surface area contributed by atoms with Gasteiger partial charge in [0.05, 0.1) is 11.3 Å². The van der Waals surface area contributed by atoms with Gasteiger partial charge >= 0.3 is 6.18 Å². The van der Waals surface area contributed by atoms with E-state index in [9.17, 15) is 18.0 Å². The van der Waals surface area contributed by atoms with Crippen molar-refractivity contribution in [3.63, 3.8) is 0 Å². The molecule has 7 nitrogen and oxygen atoms in total. The van der Waals surface area contributed by atoms with E-state index in [1.807, 2.05) is 6.92 Å². The molecule has 2 aromatic heterocycles. The molecule has 4 rings (SSSR count). The third kappa shape index (κ3) is 3.28. The summed E-state index contributed by atoms with van der Waals surface area (Å²) in [5, 5.41) is 14.7. The van der Waals surface area contributed by atoms with Crippen molar-refractivity contribution in [2.45, 2.75) is 25.7 Å². The third-order valence-corrected chi connectivity index (χ3v) is 4.41. The van der Waals surface area contributed by atoms with E-state index in [1.165, 1.54) is 12.3 Å². The number of halogens is 3. The van der Waals surface area contributed by atoms with Crippen molar-refractivity contribution in [3.8, 4) is 0 Å². The predicted molar refractivity (Wildman–Crippen MR) is 92.9 cm³/mol. The van der Waals surface area contributed by atoms with Crippen LogP contribution in [0.2, 0.25) is 0 Å². The summed E-state index contributed by atoms with van der Waals surface area (Å²) in [5.74, 6) is -0.421. The first-order chi connectivity index (χ1) is 13.3. The van der Waals surface area contributed by atoms with Crippen LogP contribution in [0.25, 0.3) is 10.9 Å². The van der Waals surface area contributed by atoms with Gasteiger partial charge in [-0.05, 0) is 58.8 Å². The fraction of sp³-hybridized carbons (Fsp3) is 0.222. The maximum Gasteiger partial charge on any atom is 0.416 e. The molecule has 0 spiro atoms. The molecule has 0 saturated heterocycles. The molecule has 0 saturated carbocycles. The molecule has 142 valence electrons. The van der Waals surface area contributed by atoms with Crippen LogP contribution in [0.3, 0.4) is 0 Å². The third-order valence-electron chi connectivity index (χ3n) is 4.41. The van der Waals surface area contributed by atoms with Crippen molar-refractivity contribution in [1.29, 1.82) is 0 Å². The standard InChI is InChI=1S/C18H13F3N6O/c1-9-4-5-22-14(6-9)17(28)16-12(8-15-24-26-27-25-15)11-7-10(18(19,20)21)2-3-13(11)23-16/h2-7,15,23H,8H2,1H3. The second-order valence-electron chi connectivity index (χ2n) is 6.38. The molecule has 1 aromatic carbocycles. The number of nitrogens with zero attached hydrogens (tertiary/aromatic N) is 5. The van der Waals surface area contributed by atoms with Crippen LogP contribution in [0, 0.1) is 6.92 Å². The molecule has 10 heteroatoms. The van der Waals surface area contributed by atoms with E-state index < -0.39 is 23.7 Å². The molecular formula is C18H13F3N6O. The van der Waals surface area contributed by atoms with E-state index in [4.69, 9.17) is 0 Å². The number of aromatic amines is 1. The van der Waals surface area contributed by atoms with Crippen LogP contribution >= 0.6 is 0 Å². The maximum absolute atomic E-state index is 13.2. The van der Waals surface area contributed by atoms with Crippen molar-refractivity contribution < 1.29 is 18.0 Å². The number of H-pyrrole nitrogens is 1. The SMILES string of the molecule is Cc1ccnc(C(=O)c2[nH]c3ccc(C(F)(F)F)cc3c2CC2N=NN=N2)c1. The Labute approximate surface area is 156 Å². The van der Waals surface area contributed by atoms with Crippen LogP contribution in [0.15, 0.2) is 57.2 Å². The molecule has 0 aliphatic carbocycles. The van der Waals surface area contributed by atoms with E-state index in [2.05, 4.69) is 30.6 Å². The highest BCUT2D eigenvalue weighted by Gasteiger charge is 2.32. The molecule has 1 aliphatic heterocycles. The summed E-state index contributed by atoms with van der Waals surface area (Å²) < 4.78 is 39.5. The topological polar surface area (TPSA) is 95.2 Å². The Balaban J connectivity index is 1.87. The molecule has 0 atom stereocenters. The van der Waals surface area contributed by atoms with Crippen molar-refractivity contribution >= 4 is 16.7 Å². The van der Waals surface area contributed by atoms with Gasteiger partial charge in [0.2, 0.25) is 5.78 Å². The van der Waals surface area contributed by atoms with Crippen molar-refractivity contribution in [2.24, 2.45) is 20.7 Å². The zero-order valence-corrected chi connectivity index (χ0v) is 14.5. The lowest BCUT2D eigenvalue weighted by Crippen LogP contribution is -2.11. The molecule has 3 aromatic rings. The van der Waals surface area contributed by atoms with Gasteiger partial charge < -0.3 is 4.98 Å². The number of ketones is 1. The van der Waals surface area contributed by atoms with Crippen molar-refractivity contribution in [3.05, 3.63) is 64.6 Å². The van der Waals surface area contributed by atoms with Crippen molar-refractivity contribution in [1.82, 2.24) is 9.97 Å². The first kappa shape index (κ1) is 18.0. The van der Waals surface area contributed by atoms with Crippen molar-refractivity contribution in [2.75, 3.05) is 0 Å². The Morgan fingerprint density at radius 3 is 2.57 bits per heavy atom. The second-order valence-corrected chi connectivity index (χ2v) is 6.38. The monoisotopic (exact) mass is 386 g/mol. The lowest BCUT2D eigenvalue weighted by atomic mass is 10.0. The molecular weight excluding hydrogens is 373 g/mol. The molecule has 0 amide bonds. The molecule has 1 aliphatic rings. The number of hydrogen-bond acceptors (Lipinski definition) is 6. The minimum Gasteiger partial charge on any atom is -0.352 e. The highest BCUT2D eigenvalue weighted by molar-refractivity contribution is 6.11. The number of aryl methyl sites for hydroxylation is 1. The Bertz CT molecular complexity index is 1120. The van der Waals surface area contributed by atoms with Crippen LogP contribution in [0.4, 0.5) is 13.2 Å². The first-order valence-corrected chi connectivity index (χ1v) is 8.32. The Morgan fingerprint density at radius 1 is 1.14 bits per heavy atom. The maximum atomic E-state index is 13.2.